The molecule has 15 heteroatoms. The van der Waals surface area contributed by atoms with Gasteiger partial charge in [-0.1, -0.05) is 18.5 Å². The van der Waals surface area contributed by atoms with Gasteiger partial charge in [0.1, 0.15) is 12.2 Å². The van der Waals surface area contributed by atoms with E-state index >= 15 is 0 Å². The first-order valence-electron chi connectivity index (χ1n) is 13.9. The number of benzene rings is 1. The average molecular weight is 636 g/mol. The van der Waals surface area contributed by atoms with E-state index in [-0.39, 0.29) is 34.6 Å². The van der Waals surface area contributed by atoms with E-state index in [9.17, 15) is 22.8 Å². The third kappa shape index (κ3) is 5.64. The average Bonchev–Trinajstić information content (AvgIpc) is 3.61. The van der Waals surface area contributed by atoms with Crippen LogP contribution in [0.3, 0.4) is 0 Å². The third-order valence-corrected chi connectivity index (χ3v) is 9.15. The van der Waals surface area contributed by atoms with E-state index in [2.05, 4.69) is 15.7 Å². The molecule has 43 heavy (non-hydrogen) atoms. The molecule has 2 N–H and O–H groups in total. The third-order valence-electron chi connectivity index (χ3n) is 7.69. The topological polar surface area (TPSA) is 106 Å². The number of thiophene rings is 1. The van der Waals surface area contributed by atoms with E-state index in [1.165, 1.54) is 15.9 Å². The molecule has 1 fully saturated rings. The van der Waals surface area contributed by atoms with Crippen molar-refractivity contribution in [1.82, 2.24) is 24.5 Å². The maximum atomic E-state index is 14.0. The van der Waals surface area contributed by atoms with Gasteiger partial charge in [-0.15, -0.1) is 16.4 Å². The minimum Gasteiger partial charge on any atom is -0.376 e. The molecule has 1 saturated heterocycles. The summed E-state index contributed by atoms with van der Waals surface area (Å²) >= 11 is 7.62. The monoisotopic (exact) mass is 635 g/mol. The molecule has 0 unspecified atom stereocenters. The van der Waals surface area contributed by atoms with Crippen molar-refractivity contribution in [3.8, 4) is 10.7 Å². The van der Waals surface area contributed by atoms with E-state index in [0.717, 1.165) is 39.9 Å². The second-order valence-corrected chi connectivity index (χ2v) is 12.1. The molecule has 1 amide bonds. The quantitative estimate of drug-likeness (QED) is 0.324. The number of ether oxygens (including phenoxy) is 1. The molecule has 0 radical (unpaired) electrons. The fourth-order valence-corrected chi connectivity index (χ4v) is 6.87. The van der Waals surface area contributed by atoms with Crippen molar-refractivity contribution in [3.05, 3.63) is 61.3 Å². The van der Waals surface area contributed by atoms with Crippen LogP contribution in [0.4, 0.5) is 24.5 Å². The van der Waals surface area contributed by atoms with Crippen LogP contribution in [0.2, 0.25) is 5.02 Å². The summed E-state index contributed by atoms with van der Waals surface area (Å²) in [5.41, 5.74) is 1.01. The highest BCUT2D eigenvalue weighted by atomic mass is 35.5. The van der Waals surface area contributed by atoms with Crippen LogP contribution in [0.25, 0.3) is 16.5 Å². The van der Waals surface area contributed by atoms with Crippen LogP contribution in [0.5, 0.6) is 0 Å². The summed E-state index contributed by atoms with van der Waals surface area (Å²) in [6.07, 6.45) is -3.37. The number of carbonyl (C=O) groups is 1. The van der Waals surface area contributed by atoms with Gasteiger partial charge in [-0.05, 0) is 49.6 Å². The molecule has 1 atom stereocenters. The van der Waals surface area contributed by atoms with Gasteiger partial charge in [0.15, 0.2) is 5.82 Å². The van der Waals surface area contributed by atoms with E-state index < -0.39 is 17.6 Å². The Balaban J connectivity index is 1.44. The summed E-state index contributed by atoms with van der Waals surface area (Å²) in [4.78, 5) is 36.1. The van der Waals surface area contributed by atoms with Crippen molar-refractivity contribution in [2.24, 2.45) is 0 Å². The summed E-state index contributed by atoms with van der Waals surface area (Å²) in [5, 5.41) is 10.3. The molecule has 0 aliphatic carbocycles. The van der Waals surface area contributed by atoms with Crippen molar-refractivity contribution in [2.75, 3.05) is 36.5 Å². The fraction of sp³-hybridized carbons (Fsp3) is 0.429. The molecule has 0 saturated carbocycles. The number of nitrogens with zero attached hydrogens (tertiary/aromatic N) is 5. The minimum atomic E-state index is -4.57. The number of halogens is 4. The van der Waals surface area contributed by atoms with Gasteiger partial charge in [0, 0.05) is 30.6 Å². The number of rotatable bonds is 6. The highest BCUT2D eigenvalue weighted by Crippen LogP contribution is 2.35. The van der Waals surface area contributed by atoms with E-state index in [0.29, 0.717) is 56.5 Å². The number of carbonyl (C=O) groups excluding carboxylic acids is 1. The number of hydrogen-bond acceptors (Lipinski definition) is 8. The minimum absolute atomic E-state index is 0.00411. The summed E-state index contributed by atoms with van der Waals surface area (Å²) in [6, 6.07) is 4.77. The van der Waals surface area contributed by atoms with Crippen LogP contribution in [-0.4, -0.2) is 57.4 Å². The molecular formula is C28H29ClF3N7O3S. The zero-order valence-electron chi connectivity index (χ0n) is 23.4. The first-order chi connectivity index (χ1) is 20.5. The molecule has 10 nitrogen and oxygen atoms in total. The number of fused-ring (bicyclic) bond motifs is 2. The van der Waals surface area contributed by atoms with Gasteiger partial charge in [0.2, 0.25) is 11.7 Å². The molecule has 3 aromatic heterocycles. The predicted octanol–water partition coefficient (Wildman–Crippen LogP) is 4.36. The number of alkyl halides is 3. The van der Waals surface area contributed by atoms with Gasteiger partial charge in [-0.25, -0.2) is 0 Å². The van der Waals surface area contributed by atoms with Crippen molar-refractivity contribution >= 4 is 46.0 Å². The highest BCUT2D eigenvalue weighted by molar-refractivity contribution is 7.15. The molecule has 6 rings (SSSR count). The number of piperazine rings is 1. The largest absolute Gasteiger partial charge is 0.416 e. The number of hydrogen-bond donors (Lipinski definition) is 2. The summed E-state index contributed by atoms with van der Waals surface area (Å²) in [6.45, 7) is 6.74. The summed E-state index contributed by atoms with van der Waals surface area (Å²) in [7, 11) is 0. The van der Waals surface area contributed by atoms with Gasteiger partial charge in [0.25, 0.3) is 5.56 Å². The van der Waals surface area contributed by atoms with Crippen molar-refractivity contribution in [1.29, 1.82) is 0 Å². The molecule has 5 heterocycles. The Morgan fingerprint density at radius 1 is 1.30 bits per heavy atom. The Morgan fingerprint density at radius 2 is 2.12 bits per heavy atom. The number of anilines is 2. The Bertz CT molecular complexity index is 1740. The standard InChI is InChI=1S/C28H29ClF3N7O3S/c1-3-20-24(37-8-7-33-12-15(37)2)26(41)39-27(35-25(36-39)21-10-16-6-9-42-14-22(16)43-21)38(20)13-23(40)34-19-5-4-17(11-18(19)29)28(30,31)32/h4-5,10-11,15,33H,3,6-9,12-14H2,1-2H3,(H,34,40)/t15-/m0/s1. The zero-order chi connectivity index (χ0) is 30.5. The zero-order valence-corrected chi connectivity index (χ0v) is 25.0. The van der Waals surface area contributed by atoms with Crippen LogP contribution in [0.1, 0.15) is 35.5 Å². The first kappa shape index (κ1) is 29.6. The van der Waals surface area contributed by atoms with Crippen LogP contribution in [-0.2, 0) is 41.7 Å². The lowest BCUT2D eigenvalue weighted by Crippen LogP contribution is -2.52. The molecular weight excluding hydrogens is 607 g/mol. The molecule has 228 valence electrons. The molecule has 2 aliphatic heterocycles. The Kier molecular flexibility index (Phi) is 7.96. The Morgan fingerprint density at radius 3 is 2.81 bits per heavy atom. The smallest absolute Gasteiger partial charge is 0.376 e. The number of amides is 1. The van der Waals surface area contributed by atoms with E-state index in [1.807, 2.05) is 24.8 Å². The Labute approximate surface area is 253 Å². The fourth-order valence-electron chi connectivity index (χ4n) is 5.56. The second-order valence-electron chi connectivity index (χ2n) is 10.5. The summed E-state index contributed by atoms with van der Waals surface area (Å²) < 4.78 is 47.8. The van der Waals surface area contributed by atoms with Crippen molar-refractivity contribution < 1.29 is 22.7 Å². The maximum Gasteiger partial charge on any atom is 0.416 e. The molecule has 4 aromatic rings. The van der Waals surface area contributed by atoms with Crippen LogP contribution < -0.4 is 21.1 Å². The second kappa shape index (κ2) is 11.6. The van der Waals surface area contributed by atoms with Gasteiger partial charge in [0.05, 0.1) is 40.1 Å². The van der Waals surface area contributed by atoms with Gasteiger partial charge in [-0.3, -0.25) is 9.59 Å². The van der Waals surface area contributed by atoms with Crippen LogP contribution in [0.15, 0.2) is 29.1 Å². The lowest BCUT2D eigenvalue weighted by molar-refractivity contribution is -0.137. The number of nitrogens with one attached hydrogen (secondary N) is 2. The molecule has 0 spiro atoms. The summed E-state index contributed by atoms with van der Waals surface area (Å²) in [5.74, 6) is 0.0122. The molecule has 0 bridgehead atoms. The Hall–Kier alpha value is -3.46. The van der Waals surface area contributed by atoms with Crippen molar-refractivity contribution in [3.63, 3.8) is 0 Å². The predicted molar refractivity (Wildman–Crippen MR) is 158 cm³/mol. The normalized spacial score (nSPS) is 17.3. The SMILES string of the molecule is CCc1c(N2CCNC[C@@H]2C)c(=O)n2nc(-c3cc4c(s3)COCC4)nc2n1CC(=O)Nc1ccc(C(F)(F)F)cc1Cl. The lowest BCUT2D eigenvalue weighted by Gasteiger charge is -2.36. The van der Waals surface area contributed by atoms with Gasteiger partial charge in [-0.2, -0.15) is 22.7 Å². The lowest BCUT2D eigenvalue weighted by atomic mass is 10.1. The van der Waals surface area contributed by atoms with E-state index in [1.54, 1.807) is 4.57 Å². The first-order valence-corrected chi connectivity index (χ1v) is 15.1. The van der Waals surface area contributed by atoms with Gasteiger partial charge >= 0.3 is 6.18 Å². The maximum absolute atomic E-state index is 14.0. The van der Waals surface area contributed by atoms with E-state index in [4.69, 9.17) is 21.3 Å². The van der Waals surface area contributed by atoms with Crippen LogP contribution in [0, 0.1) is 0 Å². The number of aromatic nitrogens is 4. The molecule has 1 aromatic carbocycles. The van der Waals surface area contributed by atoms with Crippen LogP contribution >= 0.6 is 22.9 Å². The van der Waals surface area contributed by atoms with Crippen molar-refractivity contribution in [2.45, 2.75) is 52.1 Å². The van der Waals surface area contributed by atoms with Gasteiger partial charge < -0.3 is 24.8 Å². The molecule has 2 aliphatic rings. The highest BCUT2D eigenvalue weighted by Gasteiger charge is 2.32.